The number of carbonyl (C=O) groups excluding carboxylic acids is 1. The van der Waals surface area contributed by atoms with Crippen LogP contribution in [0.25, 0.3) is 0 Å². The Morgan fingerprint density at radius 3 is 2.48 bits per heavy atom. The van der Waals surface area contributed by atoms with Gasteiger partial charge in [0.15, 0.2) is 10.8 Å². The lowest BCUT2D eigenvalue weighted by atomic mass is 9.88. The number of carbonyl (C=O) groups is 1. The fourth-order valence-electron chi connectivity index (χ4n) is 4.55. The number of methoxy groups -OCH3 is 1. The van der Waals surface area contributed by atoms with Crippen molar-refractivity contribution < 1.29 is 14.3 Å². The molecule has 0 aromatic heterocycles. The molecule has 2 aliphatic rings. The summed E-state index contributed by atoms with van der Waals surface area (Å²) in [5.74, 6) is 1.10. The molecule has 5 rings (SSSR count). The molecule has 6 heteroatoms. The number of ether oxygens (including phenoxy) is 2. The third-order valence-electron chi connectivity index (χ3n) is 5.93. The molecule has 0 aliphatic carbocycles. The molecule has 1 amide bonds. The van der Waals surface area contributed by atoms with Gasteiger partial charge in [-0.1, -0.05) is 48.5 Å². The second-order valence-electron chi connectivity index (χ2n) is 7.86. The molecule has 2 bridgehead atoms. The van der Waals surface area contributed by atoms with Gasteiger partial charge in [0.25, 0.3) is 5.91 Å². The zero-order valence-corrected chi connectivity index (χ0v) is 18.1. The van der Waals surface area contributed by atoms with Crippen LogP contribution >= 0.6 is 12.2 Å². The molecule has 1 saturated heterocycles. The van der Waals surface area contributed by atoms with Gasteiger partial charge in [0.2, 0.25) is 0 Å². The zero-order valence-electron chi connectivity index (χ0n) is 17.3. The van der Waals surface area contributed by atoms with Crippen LogP contribution in [0.3, 0.4) is 0 Å². The lowest BCUT2D eigenvalue weighted by molar-refractivity contribution is 0.0183. The van der Waals surface area contributed by atoms with Crippen LogP contribution < -0.4 is 14.4 Å². The number of benzene rings is 3. The van der Waals surface area contributed by atoms with Gasteiger partial charge in [-0.15, -0.1) is 0 Å². The smallest absolute Gasteiger partial charge is 0.264 e. The van der Waals surface area contributed by atoms with Gasteiger partial charge < -0.3 is 9.47 Å². The summed E-state index contributed by atoms with van der Waals surface area (Å²) in [6.07, 6.45) is 0.583. The number of hydrogen-bond acceptors (Lipinski definition) is 4. The predicted octanol–water partition coefficient (Wildman–Crippen LogP) is 5.18. The number of thiocarbonyl (C=S) groups is 1. The minimum Gasteiger partial charge on any atom is -0.496 e. The lowest BCUT2D eigenvalue weighted by Crippen LogP contribution is -2.67. The van der Waals surface area contributed by atoms with E-state index < -0.39 is 5.72 Å². The normalized spacial score (nSPS) is 21.9. The Morgan fingerprint density at radius 2 is 1.71 bits per heavy atom. The molecule has 31 heavy (non-hydrogen) atoms. The first kappa shape index (κ1) is 19.6. The molecule has 0 saturated carbocycles. The Hall–Kier alpha value is -3.38. The van der Waals surface area contributed by atoms with Gasteiger partial charge in [-0.3, -0.25) is 14.6 Å². The first-order valence-corrected chi connectivity index (χ1v) is 10.6. The van der Waals surface area contributed by atoms with E-state index in [0.717, 1.165) is 17.0 Å². The van der Waals surface area contributed by atoms with Crippen LogP contribution in [0.2, 0.25) is 0 Å². The van der Waals surface area contributed by atoms with Crippen molar-refractivity contribution in [3.8, 4) is 11.5 Å². The van der Waals surface area contributed by atoms with Gasteiger partial charge in [-0.25, -0.2) is 0 Å². The summed E-state index contributed by atoms with van der Waals surface area (Å²) >= 11 is 5.95. The highest BCUT2D eigenvalue weighted by molar-refractivity contribution is 7.80. The second kappa shape index (κ2) is 7.39. The number of amides is 1. The van der Waals surface area contributed by atoms with Crippen molar-refractivity contribution in [2.75, 3.05) is 12.0 Å². The summed E-state index contributed by atoms with van der Waals surface area (Å²) in [6, 6.07) is 24.7. The standard InChI is InChI=1S/C25H22N2O3S/c1-25-16-20(18-12-6-9-15-22(18)30-25)26(23(28)19-13-7-8-14-21(19)29-2)24(31)27(25)17-10-4-3-5-11-17/h3-15,20H,16H2,1-2H3/t20-,25+/m0/s1. The fraction of sp³-hybridized carbons (Fsp3) is 0.200. The number of hydrogen-bond donors (Lipinski definition) is 0. The number of rotatable bonds is 3. The number of anilines is 1. The van der Waals surface area contributed by atoms with Crippen molar-refractivity contribution in [1.82, 2.24) is 4.90 Å². The van der Waals surface area contributed by atoms with Crippen molar-refractivity contribution >= 4 is 28.9 Å². The SMILES string of the molecule is COc1ccccc1C(=O)N1C(=S)N(c2ccccc2)[C@@]2(C)C[C@H]1c1ccccc1O2. The summed E-state index contributed by atoms with van der Waals surface area (Å²) in [6.45, 7) is 2.03. The highest BCUT2D eigenvalue weighted by Crippen LogP contribution is 2.49. The summed E-state index contributed by atoms with van der Waals surface area (Å²) < 4.78 is 12.0. The molecule has 1 fully saturated rings. The highest BCUT2D eigenvalue weighted by Gasteiger charge is 2.53. The van der Waals surface area contributed by atoms with E-state index in [9.17, 15) is 4.79 Å². The molecule has 3 aromatic rings. The monoisotopic (exact) mass is 430 g/mol. The van der Waals surface area contributed by atoms with E-state index in [1.807, 2.05) is 78.6 Å². The average Bonchev–Trinajstić information content (AvgIpc) is 2.79. The molecule has 5 nitrogen and oxygen atoms in total. The Morgan fingerprint density at radius 1 is 1.03 bits per heavy atom. The lowest BCUT2D eigenvalue weighted by Gasteiger charge is -2.55. The molecule has 0 unspecified atom stereocenters. The number of para-hydroxylation sites is 3. The molecule has 3 aromatic carbocycles. The van der Waals surface area contributed by atoms with E-state index in [0.29, 0.717) is 22.8 Å². The third-order valence-corrected chi connectivity index (χ3v) is 6.31. The molecule has 156 valence electrons. The fourth-order valence-corrected chi connectivity index (χ4v) is 5.06. The topological polar surface area (TPSA) is 42.0 Å². The highest BCUT2D eigenvalue weighted by atomic mass is 32.1. The van der Waals surface area contributed by atoms with Crippen LogP contribution in [0.5, 0.6) is 11.5 Å². The molecule has 0 spiro atoms. The quantitative estimate of drug-likeness (QED) is 0.536. The third kappa shape index (κ3) is 3.06. The molecule has 0 radical (unpaired) electrons. The van der Waals surface area contributed by atoms with E-state index in [1.54, 1.807) is 24.1 Å². The molecule has 2 heterocycles. The second-order valence-corrected chi connectivity index (χ2v) is 8.23. The van der Waals surface area contributed by atoms with E-state index >= 15 is 0 Å². The van der Waals surface area contributed by atoms with E-state index in [1.165, 1.54) is 0 Å². The van der Waals surface area contributed by atoms with Gasteiger partial charge >= 0.3 is 0 Å². The van der Waals surface area contributed by atoms with Crippen molar-refractivity contribution in [1.29, 1.82) is 0 Å². The molecular formula is C25H22N2O3S. The van der Waals surface area contributed by atoms with Crippen LogP contribution in [0.1, 0.15) is 35.3 Å². The summed E-state index contributed by atoms with van der Waals surface area (Å²) in [5, 5.41) is 0.412. The summed E-state index contributed by atoms with van der Waals surface area (Å²) in [5.41, 5.74) is 1.60. The van der Waals surface area contributed by atoms with Crippen LogP contribution in [0, 0.1) is 0 Å². The predicted molar refractivity (Wildman–Crippen MR) is 124 cm³/mol. The van der Waals surface area contributed by atoms with Crippen molar-refractivity contribution in [2.24, 2.45) is 0 Å². The molecule has 2 aliphatic heterocycles. The summed E-state index contributed by atoms with van der Waals surface area (Å²) in [7, 11) is 1.57. The van der Waals surface area contributed by atoms with Gasteiger partial charge in [0, 0.05) is 17.7 Å². The first-order chi connectivity index (χ1) is 15.0. The Balaban J connectivity index is 1.69. The zero-order chi connectivity index (χ0) is 21.6. The van der Waals surface area contributed by atoms with Crippen molar-refractivity contribution in [3.63, 3.8) is 0 Å². The summed E-state index contributed by atoms with van der Waals surface area (Å²) in [4.78, 5) is 17.5. The van der Waals surface area contributed by atoms with Crippen LogP contribution in [-0.4, -0.2) is 28.8 Å². The maximum absolute atomic E-state index is 13.9. The molecule has 2 atom stereocenters. The van der Waals surface area contributed by atoms with E-state index in [-0.39, 0.29) is 11.9 Å². The Bertz CT molecular complexity index is 1170. The van der Waals surface area contributed by atoms with Crippen LogP contribution in [-0.2, 0) is 0 Å². The number of nitrogens with zero attached hydrogens (tertiary/aromatic N) is 2. The molecular weight excluding hydrogens is 408 g/mol. The van der Waals surface area contributed by atoms with Crippen LogP contribution in [0.15, 0.2) is 78.9 Å². The van der Waals surface area contributed by atoms with Gasteiger partial charge in [-0.05, 0) is 49.5 Å². The Kier molecular flexibility index (Phi) is 4.67. The largest absolute Gasteiger partial charge is 0.496 e. The van der Waals surface area contributed by atoms with E-state index in [4.69, 9.17) is 21.7 Å². The number of fused-ring (bicyclic) bond motifs is 4. The van der Waals surface area contributed by atoms with Gasteiger partial charge in [0.05, 0.1) is 18.7 Å². The van der Waals surface area contributed by atoms with Gasteiger partial charge in [0.1, 0.15) is 11.5 Å². The maximum atomic E-state index is 13.9. The molecule has 0 N–H and O–H groups in total. The van der Waals surface area contributed by atoms with Crippen molar-refractivity contribution in [2.45, 2.75) is 25.1 Å². The van der Waals surface area contributed by atoms with Crippen LogP contribution in [0.4, 0.5) is 5.69 Å². The minimum absolute atomic E-state index is 0.188. The van der Waals surface area contributed by atoms with E-state index in [2.05, 4.69) is 0 Å². The average molecular weight is 431 g/mol. The maximum Gasteiger partial charge on any atom is 0.264 e. The first-order valence-electron chi connectivity index (χ1n) is 10.2. The van der Waals surface area contributed by atoms with Gasteiger partial charge in [-0.2, -0.15) is 0 Å². The van der Waals surface area contributed by atoms with Crippen molar-refractivity contribution in [3.05, 3.63) is 90.0 Å². The minimum atomic E-state index is -0.713. The Labute approximate surface area is 186 Å².